The highest BCUT2D eigenvalue weighted by Gasteiger charge is 2.71. The minimum absolute atomic E-state index is 0.0506. The molecule has 0 spiro atoms. The van der Waals surface area contributed by atoms with E-state index >= 15 is 0 Å². The number of Topliss-reactive ketones (excluding diaryl/α,β-unsaturated/α-hetero) is 1. The number of halogens is 6. The third-order valence-electron chi connectivity index (χ3n) is 7.33. The molecule has 0 amide bonds. The third-order valence-corrected chi connectivity index (χ3v) is 7.33. The third kappa shape index (κ3) is 6.75. The quantitative estimate of drug-likeness (QED) is 0.364. The molecule has 3 atom stereocenters. The average Bonchev–Trinajstić information content (AvgIpc) is 3.15. The Morgan fingerprint density at radius 1 is 0.919 bits per heavy atom. The first-order valence-corrected chi connectivity index (χ1v) is 12.6. The maximum atomic E-state index is 13.2. The van der Waals surface area contributed by atoms with Crippen molar-refractivity contribution >= 4 is 5.78 Å². The molecule has 0 heterocycles. The summed E-state index contributed by atoms with van der Waals surface area (Å²) in [5.41, 5.74) is -4.62. The van der Waals surface area contributed by atoms with Gasteiger partial charge in [-0.05, 0) is 54.6 Å². The van der Waals surface area contributed by atoms with Crippen LogP contribution in [-0.4, -0.2) is 23.2 Å². The van der Waals surface area contributed by atoms with Crippen molar-refractivity contribution in [2.75, 3.05) is 0 Å². The number of aliphatic hydroxyl groups is 1. The number of hydrogen-bond acceptors (Lipinski definition) is 2. The smallest absolute Gasteiger partial charge is 0.369 e. The molecule has 2 aromatic carbocycles. The first-order valence-electron chi connectivity index (χ1n) is 12.6. The van der Waals surface area contributed by atoms with Gasteiger partial charge < -0.3 is 9.90 Å². The Morgan fingerprint density at radius 2 is 1.46 bits per heavy atom. The zero-order valence-corrected chi connectivity index (χ0v) is 21.7. The van der Waals surface area contributed by atoms with E-state index in [2.05, 4.69) is 13.8 Å². The van der Waals surface area contributed by atoms with Gasteiger partial charge in [-0.3, -0.25) is 0 Å². The molecule has 0 bridgehead atoms. The number of ketones is 1. The highest BCUT2D eigenvalue weighted by molar-refractivity contribution is 5.75. The molecule has 37 heavy (non-hydrogen) atoms. The van der Waals surface area contributed by atoms with E-state index in [1.54, 1.807) is 6.92 Å². The summed E-state index contributed by atoms with van der Waals surface area (Å²) in [4.78, 5) is 10.0. The van der Waals surface area contributed by atoms with E-state index in [1.165, 1.54) is 12.1 Å². The van der Waals surface area contributed by atoms with Crippen LogP contribution in [0.3, 0.4) is 0 Å². The highest BCUT2D eigenvalue weighted by Crippen LogP contribution is 2.55. The van der Waals surface area contributed by atoms with Gasteiger partial charge in [0.25, 0.3) is 5.60 Å². The normalized spacial score (nSPS) is 22.4. The van der Waals surface area contributed by atoms with E-state index in [0.717, 1.165) is 56.2 Å². The van der Waals surface area contributed by atoms with Gasteiger partial charge in [0.2, 0.25) is 0 Å². The lowest BCUT2D eigenvalue weighted by atomic mass is 9.71. The predicted molar refractivity (Wildman–Crippen MR) is 132 cm³/mol. The SMILES string of the molecule is CCCC(C)=O.CCCC1C[C@@H](c2ccc(C(O)(C(F)(F)F)C(F)(F)F)cc2)[C@@](C)(c2ccccc2)C1. The molecule has 206 valence electrons. The molecule has 2 aromatic rings. The van der Waals surface area contributed by atoms with Crippen LogP contribution in [0.25, 0.3) is 0 Å². The van der Waals surface area contributed by atoms with Crippen LogP contribution in [0.2, 0.25) is 0 Å². The van der Waals surface area contributed by atoms with Gasteiger partial charge in [0.05, 0.1) is 0 Å². The number of rotatable bonds is 7. The van der Waals surface area contributed by atoms with Gasteiger partial charge in [-0.2, -0.15) is 26.3 Å². The summed E-state index contributed by atoms with van der Waals surface area (Å²) in [6, 6.07) is 13.9. The van der Waals surface area contributed by atoms with Gasteiger partial charge in [0.1, 0.15) is 5.78 Å². The van der Waals surface area contributed by atoms with Gasteiger partial charge in [-0.15, -0.1) is 0 Å². The molecule has 1 aliphatic carbocycles. The number of benzene rings is 2. The fourth-order valence-corrected chi connectivity index (χ4v) is 5.49. The molecule has 1 fully saturated rings. The minimum Gasteiger partial charge on any atom is -0.369 e. The largest absolute Gasteiger partial charge is 0.430 e. The highest BCUT2D eigenvalue weighted by atomic mass is 19.4. The van der Waals surface area contributed by atoms with Gasteiger partial charge in [-0.1, -0.05) is 88.2 Å². The van der Waals surface area contributed by atoms with Gasteiger partial charge in [-0.25, -0.2) is 0 Å². The molecular weight excluding hydrogens is 494 g/mol. The van der Waals surface area contributed by atoms with E-state index in [9.17, 15) is 36.2 Å². The van der Waals surface area contributed by atoms with Crippen LogP contribution in [-0.2, 0) is 15.8 Å². The Hall–Kier alpha value is -2.35. The van der Waals surface area contributed by atoms with Crippen molar-refractivity contribution in [1.29, 1.82) is 0 Å². The second-order valence-corrected chi connectivity index (χ2v) is 10.2. The first-order chi connectivity index (χ1) is 17.1. The Kier molecular flexibility index (Phi) is 10.0. The Labute approximate surface area is 215 Å². The summed E-state index contributed by atoms with van der Waals surface area (Å²) in [5, 5.41) is 9.65. The van der Waals surface area contributed by atoms with Crippen LogP contribution in [0.4, 0.5) is 26.3 Å². The monoisotopic (exact) mass is 530 g/mol. The summed E-state index contributed by atoms with van der Waals surface area (Å²) in [7, 11) is 0. The Bertz CT molecular complexity index is 984. The average molecular weight is 531 g/mol. The van der Waals surface area contributed by atoms with Crippen molar-refractivity contribution in [3.05, 3.63) is 71.3 Å². The zero-order chi connectivity index (χ0) is 28.1. The molecular formula is C29H36F6O2. The first kappa shape index (κ1) is 30.9. The molecule has 1 saturated carbocycles. The van der Waals surface area contributed by atoms with Crippen molar-refractivity contribution in [3.8, 4) is 0 Å². The van der Waals surface area contributed by atoms with Gasteiger partial charge in [0.15, 0.2) is 0 Å². The standard InChI is InChI=1S/C24H26F6O.C5H10O/c1-3-7-16-14-20(21(2,15-16)18-8-5-4-6-9-18)17-10-12-19(13-11-17)22(31,23(25,26)27)24(28,29)30;1-3-4-5(2)6/h4-6,8-13,16,20,31H,3,7,14-15H2,1-2H3;3-4H2,1-2H3/t16?,20-,21+;/m0./s1. The van der Waals surface area contributed by atoms with Gasteiger partial charge >= 0.3 is 12.4 Å². The number of alkyl halides is 6. The van der Waals surface area contributed by atoms with E-state index < -0.39 is 23.5 Å². The maximum absolute atomic E-state index is 13.2. The van der Waals surface area contributed by atoms with Crippen molar-refractivity contribution in [2.24, 2.45) is 5.92 Å². The van der Waals surface area contributed by atoms with Crippen LogP contribution in [0.1, 0.15) is 88.8 Å². The molecule has 1 N–H and O–H groups in total. The van der Waals surface area contributed by atoms with Crippen molar-refractivity contribution in [3.63, 3.8) is 0 Å². The second-order valence-electron chi connectivity index (χ2n) is 10.2. The van der Waals surface area contributed by atoms with Gasteiger partial charge in [0, 0.05) is 12.0 Å². The number of carbonyl (C=O) groups is 1. The van der Waals surface area contributed by atoms with Crippen LogP contribution in [0.15, 0.2) is 54.6 Å². The number of hydrogen-bond donors (Lipinski definition) is 1. The topological polar surface area (TPSA) is 37.3 Å². The fraction of sp³-hybridized carbons (Fsp3) is 0.552. The second kappa shape index (κ2) is 12.0. The lowest BCUT2D eigenvalue weighted by Gasteiger charge is -2.34. The Morgan fingerprint density at radius 3 is 1.86 bits per heavy atom. The summed E-state index contributed by atoms with van der Waals surface area (Å²) in [6.45, 7) is 7.82. The van der Waals surface area contributed by atoms with E-state index in [4.69, 9.17) is 0 Å². The molecule has 0 saturated heterocycles. The summed E-state index contributed by atoms with van der Waals surface area (Å²) in [5.74, 6) is 0.657. The summed E-state index contributed by atoms with van der Waals surface area (Å²) in [6.07, 6.45) is -6.33. The minimum atomic E-state index is -5.88. The molecule has 2 nitrogen and oxygen atoms in total. The lowest BCUT2D eigenvalue weighted by Crippen LogP contribution is -2.53. The fourth-order valence-electron chi connectivity index (χ4n) is 5.49. The molecule has 3 rings (SSSR count). The van der Waals surface area contributed by atoms with Crippen LogP contribution < -0.4 is 0 Å². The lowest BCUT2D eigenvalue weighted by molar-refractivity contribution is -0.376. The molecule has 1 aliphatic rings. The molecule has 8 heteroatoms. The van der Waals surface area contributed by atoms with E-state index in [0.29, 0.717) is 11.5 Å². The van der Waals surface area contributed by atoms with Crippen LogP contribution in [0.5, 0.6) is 0 Å². The van der Waals surface area contributed by atoms with Crippen molar-refractivity contribution in [1.82, 2.24) is 0 Å². The van der Waals surface area contributed by atoms with Crippen LogP contribution in [0, 0.1) is 5.92 Å². The predicted octanol–water partition coefficient (Wildman–Crippen LogP) is 8.63. The van der Waals surface area contributed by atoms with Crippen LogP contribution >= 0.6 is 0 Å². The molecule has 0 radical (unpaired) electrons. The molecule has 0 aromatic heterocycles. The molecule has 0 aliphatic heterocycles. The summed E-state index contributed by atoms with van der Waals surface area (Å²) < 4.78 is 79.2. The molecule has 1 unspecified atom stereocenters. The zero-order valence-electron chi connectivity index (χ0n) is 21.7. The maximum Gasteiger partial charge on any atom is 0.430 e. The van der Waals surface area contributed by atoms with Crippen molar-refractivity contribution in [2.45, 2.75) is 95.5 Å². The van der Waals surface area contributed by atoms with E-state index in [1.807, 2.05) is 37.3 Å². The van der Waals surface area contributed by atoms with E-state index in [-0.39, 0.29) is 17.1 Å². The number of carbonyl (C=O) groups excluding carboxylic acids is 1. The summed E-state index contributed by atoms with van der Waals surface area (Å²) >= 11 is 0. The Balaban J connectivity index is 0.000000717. The van der Waals surface area contributed by atoms with Crippen molar-refractivity contribution < 1.29 is 36.2 Å².